The van der Waals surface area contributed by atoms with E-state index in [-0.39, 0.29) is 12.2 Å². The quantitative estimate of drug-likeness (QED) is 0.749. The summed E-state index contributed by atoms with van der Waals surface area (Å²) < 4.78 is 0. The predicted molar refractivity (Wildman–Crippen MR) is 77.1 cm³/mol. The van der Waals surface area contributed by atoms with Gasteiger partial charge in [-0.25, -0.2) is 0 Å². The molecule has 0 amide bonds. The van der Waals surface area contributed by atoms with E-state index in [2.05, 4.69) is 5.32 Å². The Labute approximate surface area is 119 Å². The van der Waals surface area contributed by atoms with Gasteiger partial charge in [-0.2, -0.15) is 0 Å². The number of carboxylic acids is 1. The highest BCUT2D eigenvalue weighted by molar-refractivity contribution is 6.00. The molecule has 20 heavy (non-hydrogen) atoms. The van der Waals surface area contributed by atoms with E-state index < -0.39 is 12.0 Å². The standard InChI is InChI=1S/C16H21NO3/c1-2-17-14(8-9-15(18)19)16(20)13-7-6-11-4-3-5-12(11)10-13/h6-7,10,14,17H,2-5,8-9H2,1H3,(H,18,19). The molecule has 0 radical (unpaired) electrons. The molecule has 1 aliphatic carbocycles. The SMILES string of the molecule is CCNC(CCC(=O)O)C(=O)c1ccc2c(c1)CCC2. The van der Waals surface area contributed by atoms with Gasteiger partial charge in [-0.1, -0.05) is 19.1 Å². The number of nitrogens with one attached hydrogen (secondary N) is 1. The second kappa shape index (κ2) is 6.66. The van der Waals surface area contributed by atoms with Gasteiger partial charge < -0.3 is 10.4 Å². The van der Waals surface area contributed by atoms with Gasteiger partial charge in [0.25, 0.3) is 0 Å². The second-order valence-corrected chi connectivity index (χ2v) is 5.24. The monoisotopic (exact) mass is 275 g/mol. The fourth-order valence-electron chi connectivity index (χ4n) is 2.77. The summed E-state index contributed by atoms with van der Waals surface area (Å²) in [6.07, 6.45) is 3.63. The van der Waals surface area contributed by atoms with Crippen molar-refractivity contribution in [2.75, 3.05) is 6.54 Å². The molecule has 1 unspecified atom stereocenters. The Morgan fingerprint density at radius 1 is 1.30 bits per heavy atom. The maximum Gasteiger partial charge on any atom is 0.303 e. The molecule has 0 saturated heterocycles. The Hall–Kier alpha value is -1.68. The van der Waals surface area contributed by atoms with Crippen molar-refractivity contribution in [3.8, 4) is 0 Å². The first-order valence-corrected chi connectivity index (χ1v) is 7.23. The molecule has 2 rings (SSSR count). The van der Waals surface area contributed by atoms with Gasteiger partial charge in [0.05, 0.1) is 6.04 Å². The Kier molecular flexibility index (Phi) is 4.90. The van der Waals surface area contributed by atoms with Gasteiger partial charge in [0.1, 0.15) is 0 Å². The number of aryl methyl sites for hydroxylation is 2. The molecule has 108 valence electrons. The number of carbonyl (C=O) groups excluding carboxylic acids is 1. The van der Waals surface area contributed by atoms with Crippen LogP contribution in [0.2, 0.25) is 0 Å². The average Bonchev–Trinajstić information content (AvgIpc) is 2.89. The highest BCUT2D eigenvalue weighted by Gasteiger charge is 2.21. The lowest BCUT2D eigenvalue weighted by Crippen LogP contribution is -2.37. The van der Waals surface area contributed by atoms with Crippen LogP contribution in [0.1, 0.15) is 47.7 Å². The molecule has 4 heteroatoms. The number of Topliss-reactive ketones (excluding diaryl/α,β-unsaturated/α-hetero) is 1. The molecular formula is C16H21NO3. The number of rotatable bonds is 7. The normalized spacial score (nSPS) is 14.8. The molecule has 0 heterocycles. The zero-order chi connectivity index (χ0) is 14.5. The lowest BCUT2D eigenvalue weighted by molar-refractivity contribution is -0.137. The van der Waals surface area contributed by atoms with E-state index in [1.807, 2.05) is 25.1 Å². The molecule has 0 aromatic heterocycles. The number of hydrogen-bond donors (Lipinski definition) is 2. The van der Waals surface area contributed by atoms with E-state index in [1.54, 1.807) is 0 Å². The molecule has 1 aliphatic rings. The van der Waals surface area contributed by atoms with Gasteiger partial charge in [0.2, 0.25) is 0 Å². The van der Waals surface area contributed by atoms with Gasteiger partial charge >= 0.3 is 5.97 Å². The molecule has 1 aromatic carbocycles. The van der Waals surface area contributed by atoms with Crippen molar-refractivity contribution in [2.45, 2.75) is 45.1 Å². The summed E-state index contributed by atoms with van der Waals surface area (Å²) in [7, 11) is 0. The third-order valence-electron chi connectivity index (χ3n) is 3.80. The van der Waals surface area contributed by atoms with Crippen LogP contribution in [0.3, 0.4) is 0 Å². The van der Waals surface area contributed by atoms with E-state index in [0.29, 0.717) is 18.5 Å². The van der Waals surface area contributed by atoms with Crippen molar-refractivity contribution < 1.29 is 14.7 Å². The van der Waals surface area contributed by atoms with Gasteiger partial charge in [-0.15, -0.1) is 0 Å². The number of ketones is 1. The summed E-state index contributed by atoms with van der Waals surface area (Å²) in [5, 5.41) is 11.9. The molecule has 0 saturated carbocycles. The van der Waals surface area contributed by atoms with Crippen LogP contribution in [0.25, 0.3) is 0 Å². The second-order valence-electron chi connectivity index (χ2n) is 5.24. The van der Waals surface area contributed by atoms with Crippen molar-refractivity contribution in [3.63, 3.8) is 0 Å². The largest absolute Gasteiger partial charge is 0.481 e. The van der Waals surface area contributed by atoms with Crippen LogP contribution in [0.15, 0.2) is 18.2 Å². The minimum absolute atomic E-state index is 0.00259. The van der Waals surface area contributed by atoms with Crippen molar-refractivity contribution >= 4 is 11.8 Å². The van der Waals surface area contributed by atoms with E-state index in [4.69, 9.17) is 5.11 Å². The number of fused-ring (bicyclic) bond motifs is 1. The van der Waals surface area contributed by atoms with Gasteiger partial charge in [0, 0.05) is 12.0 Å². The molecular weight excluding hydrogens is 254 g/mol. The summed E-state index contributed by atoms with van der Waals surface area (Å²) in [4.78, 5) is 23.2. The molecule has 0 bridgehead atoms. The first-order chi connectivity index (χ1) is 9.61. The van der Waals surface area contributed by atoms with Crippen LogP contribution in [0, 0.1) is 0 Å². The fraction of sp³-hybridized carbons (Fsp3) is 0.500. The predicted octanol–water partition coefficient (Wildman–Crippen LogP) is 2.20. The summed E-state index contributed by atoms with van der Waals surface area (Å²) in [6, 6.07) is 5.49. The van der Waals surface area contributed by atoms with Crippen molar-refractivity contribution in [3.05, 3.63) is 34.9 Å². The third-order valence-corrected chi connectivity index (χ3v) is 3.80. The van der Waals surface area contributed by atoms with E-state index in [1.165, 1.54) is 11.1 Å². The van der Waals surface area contributed by atoms with Gasteiger partial charge in [-0.05, 0) is 49.4 Å². The lowest BCUT2D eigenvalue weighted by atomic mass is 9.97. The van der Waals surface area contributed by atoms with Crippen LogP contribution in [0.4, 0.5) is 0 Å². The topological polar surface area (TPSA) is 66.4 Å². The maximum atomic E-state index is 12.5. The molecule has 0 spiro atoms. The molecule has 0 aliphatic heterocycles. The minimum Gasteiger partial charge on any atom is -0.481 e. The van der Waals surface area contributed by atoms with Crippen LogP contribution >= 0.6 is 0 Å². The number of likely N-dealkylation sites (N-methyl/N-ethyl adjacent to an activating group) is 1. The zero-order valence-corrected chi connectivity index (χ0v) is 11.8. The fourth-order valence-corrected chi connectivity index (χ4v) is 2.77. The zero-order valence-electron chi connectivity index (χ0n) is 11.8. The first-order valence-electron chi connectivity index (χ1n) is 7.23. The lowest BCUT2D eigenvalue weighted by Gasteiger charge is -2.16. The van der Waals surface area contributed by atoms with E-state index >= 15 is 0 Å². The van der Waals surface area contributed by atoms with Crippen molar-refractivity contribution in [1.29, 1.82) is 0 Å². The van der Waals surface area contributed by atoms with Crippen molar-refractivity contribution in [2.24, 2.45) is 0 Å². The Bertz CT molecular complexity index is 510. The van der Waals surface area contributed by atoms with E-state index in [9.17, 15) is 9.59 Å². The van der Waals surface area contributed by atoms with Gasteiger partial charge in [-0.3, -0.25) is 9.59 Å². The Morgan fingerprint density at radius 3 is 2.75 bits per heavy atom. The Morgan fingerprint density at radius 2 is 2.05 bits per heavy atom. The van der Waals surface area contributed by atoms with Crippen LogP contribution in [-0.4, -0.2) is 29.4 Å². The molecule has 2 N–H and O–H groups in total. The summed E-state index contributed by atoms with van der Waals surface area (Å²) in [5.41, 5.74) is 3.30. The van der Waals surface area contributed by atoms with Crippen LogP contribution in [-0.2, 0) is 17.6 Å². The minimum atomic E-state index is -0.866. The molecule has 1 atom stereocenters. The summed E-state index contributed by atoms with van der Waals surface area (Å²) in [5.74, 6) is -0.863. The number of aliphatic carboxylic acids is 1. The highest BCUT2D eigenvalue weighted by atomic mass is 16.4. The highest BCUT2D eigenvalue weighted by Crippen LogP contribution is 2.23. The number of carboxylic acid groups (broad SMARTS) is 1. The smallest absolute Gasteiger partial charge is 0.303 e. The number of benzene rings is 1. The van der Waals surface area contributed by atoms with E-state index in [0.717, 1.165) is 19.3 Å². The summed E-state index contributed by atoms with van der Waals surface area (Å²) in [6.45, 7) is 2.57. The van der Waals surface area contributed by atoms with Crippen LogP contribution in [0.5, 0.6) is 0 Å². The Balaban J connectivity index is 2.12. The molecule has 0 fully saturated rings. The molecule has 1 aromatic rings. The number of carbonyl (C=O) groups is 2. The third kappa shape index (κ3) is 3.45. The van der Waals surface area contributed by atoms with Crippen LogP contribution < -0.4 is 5.32 Å². The average molecular weight is 275 g/mol. The van der Waals surface area contributed by atoms with Gasteiger partial charge in [0.15, 0.2) is 5.78 Å². The maximum absolute atomic E-state index is 12.5. The number of hydrogen-bond acceptors (Lipinski definition) is 3. The first kappa shape index (κ1) is 14.7. The van der Waals surface area contributed by atoms with Crippen molar-refractivity contribution in [1.82, 2.24) is 5.32 Å². The summed E-state index contributed by atoms with van der Waals surface area (Å²) >= 11 is 0. The molecule has 4 nitrogen and oxygen atoms in total.